The van der Waals surface area contributed by atoms with Crippen molar-refractivity contribution in [3.05, 3.63) is 0 Å². The molecule has 6 heteroatoms. The minimum absolute atomic E-state index is 0.000482. The molecule has 0 saturated carbocycles. The van der Waals surface area contributed by atoms with E-state index < -0.39 is 21.6 Å². The largest absolute Gasteiger partial charge is 0.465 e. The van der Waals surface area contributed by atoms with Gasteiger partial charge in [-0.15, -0.1) is 0 Å². The molecule has 0 bridgehead atoms. The van der Waals surface area contributed by atoms with Crippen LogP contribution < -0.4 is 5.73 Å². The molecule has 0 rings (SSSR count). The van der Waals surface area contributed by atoms with E-state index in [1.165, 1.54) is 0 Å². The molecule has 0 spiro atoms. The second-order valence-electron chi connectivity index (χ2n) is 3.71. The van der Waals surface area contributed by atoms with Crippen LogP contribution in [0.1, 0.15) is 33.1 Å². The summed E-state index contributed by atoms with van der Waals surface area (Å²) < 4.78 is 27.5. The third kappa shape index (κ3) is 7.64. The van der Waals surface area contributed by atoms with Gasteiger partial charge in [0.2, 0.25) is 0 Å². The third-order valence-electron chi connectivity index (χ3n) is 2.20. The standard InChI is InChI=1S/C10H21NO4S/c1-3-9(11)6-5-7-16(13,14)8-10(12)15-4-2/h9H,3-8,11H2,1-2H3. The zero-order valence-electron chi connectivity index (χ0n) is 9.94. The fraction of sp³-hybridized carbons (Fsp3) is 0.900. The van der Waals surface area contributed by atoms with Crippen molar-refractivity contribution in [1.29, 1.82) is 0 Å². The average Bonchev–Trinajstić information content (AvgIpc) is 2.16. The Morgan fingerprint density at radius 1 is 1.38 bits per heavy atom. The van der Waals surface area contributed by atoms with Gasteiger partial charge in [0.05, 0.1) is 12.4 Å². The lowest BCUT2D eigenvalue weighted by atomic mass is 10.1. The lowest BCUT2D eigenvalue weighted by molar-refractivity contribution is -0.139. The molecule has 0 aromatic carbocycles. The molecule has 0 aliphatic carbocycles. The second kappa shape index (κ2) is 7.62. The minimum Gasteiger partial charge on any atom is -0.465 e. The smallest absolute Gasteiger partial charge is 0.321 e. The van der Waals surface area contributed by atoms with Gasteiger partial charge >= 0.3 is 5.97 Å². The molecule has 16 heavy (non-hydrogen) atoms. The van der Waals surface area contributed by atoms with E-state index in [1.54, 1.807) is 6.92 Å². The molecule has 0 heterocycles. The van der Waals surface area contributed by atoms with E-state index in [9.17, 15) is 13.2 Å². The number of rotatable bonds is 8. The first-order chi connectivity index (χ1) is 7.41. The van der Waals surface area contributed by atoms with E-state index in [1.807, 2.05) is 6.92 Å². The van der Waals surface area contributed by atoms with E-state index in [0.717, 1.165) is 6.42 Å². The first-order valence-electron chi connectivity index (χ1n) is 5.53. The van der Waals surface area contributed by atoms with E-state index in [0.29, 0.717) is 12.8 Å². The van der Waals surface area contributed by atoms with Gasteiger partial charge in [-0.25, -0.2) is 8.42 Å². The SMILES string of the molecule is CCOC(=O)CS(=O)(=O)CCCC(N)CC. The van der Waals surface area contributed by atoms with Crippen LogP contribution in [0.4, 0.5) is 0 Å². The molecule has 0 aromatic heterocycles. The van der Waals surface area contributed by atoms with Crippen LogP contribution in [-0.4, -0.2) is 38.5 Å². The van der Waals surface area contributed by atoms with Crippen molar-refractivity contribution in [2.45, 2.75) is 39.2 Å². The molecule has 0 fully saturated rings. The lowest BCUT2D eigenvalue weighted by Crippen LogP contribution is -2.23. The average molecular weight is 251 g/mol. The predicted octanol–water partition coefficient (Wildman–Crippen LogP) is 0.482. The van der Waals surface area contributed by atoms with Crippen LogP contribution >= 0.6 is 0 Å². The van der Waals surface area contributed by atoms with Gasteiger partial charge in [0.1, 0.15) is 5.75 Å². The second-order valence-corrected chi connectivity index (χ2v) is 5.89. The van der Waals surface area contributed by atoms with Crippen LogP contribution in [0.5, 0.6) is 0 Å². The summed E-state index contributed by atoms with van der Waals surface area (Å²) in [6.45, 7) is 3.80. The zero-order valence-corrected chi connectivity index (χ0v) is 10.8. The molecule has 0 saturated heterocycles. The Morgan fingerprint density at radius 2 is 2.00 bits per heavy atom. The van der Waals surface area contributed by atoms with E-state index in [-0.39, 0.29) is 18.4 Å². The quantitative estimate of drug-likeness (QED) is 0.634. The van der Waals surface area contributed by atoms with Crippen LogP contribution in [0.3, 0.4) is 0 Å². The Kier molecular flexibility index (Phi) is 7.33. The van der Waals surface area contributed by atoms with Crippen LogP contribution in [-0.2, 0) is 19.4 Å². The summed E-state index contributed by atoms with van der Waals surface area (Å²) in [6.07, 6.45) is 1.99. The van der Waals surface area contributed by atoms with Crippen LogP contribution in [0.2, 0.25) is 0 Å². The highest BCUT2D eigenvalue weighted by molar-refractivity contribution is 7.92. The molecule has 5 nitrogen and oxygen atoms in total. The fourth-order valence-corrected chi connectivity index (χ4v) is 2.42. The molecule has 0 radical (unpaired) electrons. The molecular formula is C10H21NO4S. The summed E-state index contributed by atoms with van der Waals surface area (Å²) in [4.78, 5) is 11.0. The van der Waals surface area contributed by atoms with Crippen LogP contribution in [0.25, 0.3) is 0 Å². The Bertz CT molecular complexity index is 300. The van der Waals surface area contributed by atoms with E-state index >= 15 is 0 Å². The van der Waals surface area contributed by atoms with E-state index in [4.69, 9.17) is 5.73 Å². The van der Waals surface area contributed by atoms with Crippen molar-refractivity contribution in [1.82, 2.24) is 0 Å². The van der Waals surface area contributed by atoms with Gasteiger partial charge in [0.15, 0.2) is 9.84 Å². The van der Waals surface area contributed by atoms with Crippen molar-refractivity contribution < 1.29 is 17.9 Å². The van der Waals surface area contributed by atoms with Gasteiger partial charge in [-0.3, -0.25) is 4.79 Å². The maximum atomic E-state index is 11.4. The van der Waals surface area contributed by atoms with Gasteiger partial charge < -0.3 is 10.5 Å². The number of sulfone groups is 1. The zero-order chi connectivity index (χ0) is 12.6. The number of ether oxygens (including phenoxy) is 1. The van der Waals surface area contributed by atoms with Crippen molar-refractivity contribution in [3.63, 3.8) is 0 Å². The molecule has 0 amide bonds. The maximum absolute atomic E-state index is 11.4. The summed E-state index contributed by atoms with van der Waals surface area (Å²) in [7, 11) is -3.34. The number of hydrogen-bond acceptors (Lipinski definition) is 5. The van der Waals surface area contributed by atoms with Crippen molar-refractivity contribution in [3.8, 4) is 0 Å². The molecule has 2 N–H and O–H groups in total. The van der Waals surface area contributed by atoms with Crippen LogP contribution in [0, 0.1) is 0 Å². The van der Waals surface area contributed by atoms with Crippen molar-refractivity contribution in [2.24, 2.45) is 5.73 Å². The number of carbonyl (C=O) groups excluding carboxylic acids is 1. The topological polar surface area (TPSA) is 86.5 Å². The molecule has 0 aliphatic rings. The highest BCUT2D eigenvalue weighted by Crippen LogP contribution is 2.03. The summed E-state index contributed by atoms with van der Waals surface area (Å²) in [6, 6.07) is 0.0396. The number of hydrogen-bond donors (Lipinski definition) is 1. The summed E-state index contributed by atoms with van der Waals surface area (Å²) >= 11 is 0. The Labute approximate surface area is 97.3 Å². The summed E-state index contributed by atoms with van der Waals surface area (Å²) in [5.74, 6) is -1.20. The van der Waals surface area contributed by atoms with Gasteiger partial charge in [-0.2, -0.15) is 0 Å². The molecule has 1 unspecified atom stereocenters. The molecule has 1 atom stereocenters. The Hall–Kier alpha value is -0.620. The normalized spacial score (nSPS) is 13.4. The predicted molar refractivity (Wildman–Crippen MR) is 62.8 cm³/mol. The van der Waals surface area contributed by atoms with Gasteiger partial charge in [-0.05, 0) is 26.2 Å². The molecular weight excluding hydrogens is 230 g/mol. The van der Waals surface area contributed by atoms with Crippen molar-refractivity contribution in [2.75, 3.05) is 18.1 Å². The molecule has 96 valence electrons. The Balaban J connectivity index is 3.92. The van der Waals surface area contributed by atoms with Crippen molar-refractivity contribution >= 4 is 15.8 Å². The fourth-order valence-electron chi connectivity index (χ4n) is 1.22. The maximum Gasteiger partial charge on any atom is 0.321 e. The Morgan fingerprint density at radius 3 is 2.50 bits per heavy atom. The molecule has 0 aromatic rings. The monoisotopic (exact) mass is 251 g/mol. The van der Waals surface area contributed by atoms with Gasteiger partial charge in [0.25, 0.3) is 0 Å². The van der Waals surface area contributed by atoms with Gasteiger partial charge in [0, 0.05) is 6.04 Å². The number of nitrogens with two attached hydrogens (primary N) is 1. The molecule has 0 aliphatic heterocycles. The third-order valence-corrected chi connectivity index (χ3v) is 3.78. The minimum atomic E-state index is -3.34. The highest BCUT2D eigenvalue weighted by atomic mass is 32.2. The summed E-state index contributed by atoms with van der Waals surface area (Å²) in [5, 5.41) is 0. The van der Waals surface area contributed by atoms with Crippen LogP contribution in [0.15, 0.2) is 0 Å². The summed E-state index contributed by atoms with van der Waals surface area (Å²) in [5.41, 5.74) is 5.66. The van der Waals surface area contributed by atoms with E-state index in [2.05, 4.69) is 4.74 Å². The van der Waals surface area contributed by atoms with Gasteiger partial charge in [-0.1, -0.05) is 6.92 Å². The lowest BCUT2D eigenvalue weighted by Gasteiger charge is -2.08. The number of carbonyl (C=O) groups is 1. The number of esters is 1. The first-order valence-corrected chi connectivity index (χ1v) is 7.35. The highest BCUT2D eigenvalue weighted by Gasteiger charge is 2.17. The first kappa shape index (κ1) is 15.4.